The first-order valence-corrected chi connectivity index (χ1v) is 8.22. The quantitative estimate of drug-likeness (QED) is 0.584. The molecule has 1 unspecified atom stereocenters. The summed E-state index contributed by atoms with van der Waals surface area (Å²) < 4.78 is 23.0. The Morgan fingerprint density at radius 2 is 2.27 bits per heavy atom. The molecule has 9 heteroatoms. The summed E-state index contributed by atoms with van der Waals surface area (Å²) in [5, 5.41) is 16.6. The number of amides is 1. The highest BCUT2D eigenvalue weighted by Gasteiger charge is 2.14. The van der Waals surface area contributed by atoms with Gasteiger partial charge >= 0.3 is 0 Å². The number of nitrogens with zero attached hydrogens (tertiary/aromatic N) is 1. The molecule has 0 radical (unpaired) electrons. The molecule has 3 N–H and O–H groups in total. The molecule has 0 aliphatic heterocycles. The maximum absolute atomic E-state index is 12.3. The average molecular weight is 382 g/mol. The van der Waals surface area contributed by atoms with Gasteiger partial charge in [-0.15, -0.1) is 0 Å². The summed E-state index contributed by atoms with van der Waals surface area (Å²) in [5.74, 6) is 0.286. The van der Waals surface area contributed by atoms with E-state index in [0.717, 1.165) is 16.6 Å². The van der Waals surface area contributed by atoms with Crippen LogP contribution < -0.4 is 10.1 Å². The smallest absolute Gasteiger partial charge is 0.251 e. The topological polar surface area (TPSA) is 100 Å². The van der Waals surface area contributed by atoms with Crippen LogP contribution in [0.25, 0.3) is 10.9 Å². The Morgan fingerprint density at radius 1 is 1.46 bits per heavy atom. The van der Waals surface area contributed by atoms with Crippen molar-refractivity contribution in [3.63, 3.8) is 0 Å². The molecule has 0 saturated carbocycles. The van der Waals surface area contributed by atoms with Crippen molar-refractivity contribution in [2.75, 3.05) is 6.67 Å². The molecular weight excluding hydrogens is 365 g/mol. The summed E-state index contributed by atoms with van der Waals surface area (Å²) in [5.41, 5.74) is 2.20. The van der Waals surface area contributed by atoms with Crippen molar-refractivity contribution in [3.8, 4) is 5.75 Å². The van der Waals surface area contributed by atoms with Crippen molar-refractivity contribution >= 4 is 28.4 Å². The highest BCUT2D eigenvalue weighted by molar-refractivity contribution is 6.32. The number of ether oxygens (including phenoxy) is 1. The largest absolute Gasteiger partial charge is 0.484 e. The Bertz CT molecular complexity index is 924. The first kappa shape index (κ1) is 18.2. The Morgan fingerprint density at radius 3 is 2.96 bits per heavy atom. The molecule has 0 spiro atoms. The molecule has 26 heavy (non-hydrogen) atoms. The molecule has 1 amide bonds. The number of halogens is 2. The number of carbonyl (C=O) groups is 1. The third kappa shape index (κ3) is 4.14. The number of fused-ring (bicyclic) bond motifs is 1. The zero-order valence-electron chi connectivity index (χ0n) is 13.9. The number of carbonyl (C=O) groups excluding carboxylic acids is 1. The molecule has 3 rings (SSSR count). The molecule has 0 aliphatic carbocycles. The Kier molecular flexibility index (Phi) is 5.43. The minimum absolute atomic E-state index is 0.121. The second-order valence-electron chi connectivity index (χ2n) is 5.78. The number of hydrogen-bond donors (Lipinski definition) is 3. The number of nitrogens with one attached hydrogen (secondary N) is 2. The summed E-state index contributed by atoms with van der Waals surface area (Å²) in [4.78, 5) is 14.5. The van der Waals surface area contributed by atoms with Gasteiger partial charge in [0.05, 0.1) is 17.3 Å². The third-order valence-corrected chi connectivity index (χ3v) is 3.97. The van der Waals surface area contributed by atoms with Crippen molar-refractivity contribution in [1.29, 1.82) is 0 Å². The van der Waals surface area contributed by atoms with E-state index < -0.39 is 18.7 Å². The molecule has 0 bridgehead atoms. The molecule has 2 heterocycles. The number of hydrogen-bond acceptors (Lipinski definition) is 5. The van der Waals surface area contributed by atoms with Crippen molar-refractivity contribution in [2.24, 2.45) is 0 Å². The van der Waals surface area contributed by atoms with E-state index in [0.29, 0.717) is 22.2 Å². The standard InChI is InChI=1S/C17H17ClFN3O4/c1-9-2-12(26-22-9)8-25-16-5-14-10(4-13(16)18)3-11(21-14)7-20-17(24)15(23)6-19/h2-5,15,21,23H,6-8H2,1H3,(H,20,24). The SMILES string of the molecule is Cc1cc(COc2cc3[nH]c(CNC(=O)C(O)CF)cc3cc2Cl)on1. The number of rotatable bonds is 7. The molecule has 7 nitrogen and oxygen atoms in total. The number of alkyl halides is 1. The van der Waals surface area contributed by atoms with Gasteiger partial charge in [-0.2, -0.15) is 0 Å². The molecule has 138 valence electrons. The van der Waals surface area contributed by atoms with E-state index in [4.69, 9.17) is 26.0 Å². The Labute approximate surface area is 153 Å². The van der Waals surface area contributed by atoms with E-state index in [9.17, 15) is 9.18 Å². The van der Waals surface area contributed by atoms with E-state index in [1.807, 2.05) is 6.92 Å². The Hall–Kier alpha value is -2.58. The van der Waals surface area contributed by atoms with Crippen LogP contribution in [-0.2, 0) is 17.9 Å². The van der Waals surface area contributed by atoms with Crippen LogP contribution in [-0.4, -0.2) is 33.9 Å². The lowest BCUT2D eigenvalue weighted by atomic mass is 10.2. The second-order valence-corrected chi connectivity index (χ2v) is 6.18. The van der Waals surface area contributed by atoms with Gasteiger partial charge in [0.25, 0.3) is 5.91 Å². The van der Waals surface area contributed by atoms with Crippen molar-refractivity contribution in [3.05, 3.63) is 46.4 Å². The lowest BCUT2D eigenvalue weighted by Gasteiger charge is -2.06. The fraction of sp³-hybridized carbons (Fsp3) is 0.294. The first-order chi connectivity index (χ1) is 12.5. The summed E-state index contributed by atoms with van der Waals surface area (Å²) in [7, 11) is 0. The van der Waals surface area contributed by atoms with Gasteiger partial charge in [0.1, 0.15) is 19.0 Å². The average Bonchev–Trinajstić information content (AvgIpc) is 3.22. The number of aromatic amines is 1. The summed E-state index contributed by atoms with van der Waals surface area (Å²) in [6.07, 6.45) is -1.66. The monoisotopic (exact) mass is 381 g/mol. The summed E-state index contributed by atoms with van der Waals surface area (Å²) in [6.45, 7) is 1.00. The first-order valence-electron chi connectivity index (χ1n) is 7.84. The molecule has 1 aromatic carbocycles. The lowest BCUT2D eigenvalue weighted by molar-refractivity contribution is -0.130. The molecule has 0 fully saturated rings. The number of H-pyrrole nitrogens is 1. The van der Waals surface area contributed by atoms with E-state index >= 15 is 0 Å². The van der Waals surface area contributed by atoms with E-state index in [2.05, 4.69) is 15.5 Å². The molecule has 2 aromatic heterocycles. The van der Waals surface area contributed by atoms with Gasteiger partial charge in [0.2, 0.25) is 0 Å². The zero-order chi connectivity index (χ0) is 18.7. The van der Waals surface area contributed by atoms with Gasteiger partial charge in [0.15, 0.2) is 11.9 Å². The van der Waals surface area contributed by atoms with Gasteiger partial charge in [-0.05, 0) is 19.1 Å². The van der Waals surface area contributed by atoms with Crippen molar-refractivity contribution in [2.45, 2.75) is 26.2 Å². The van der Waals surface area contributed by atoms with E-state index in [1.165, 1.54) is 0 Å². The van der Waals surface area contributed by atoms with Crippen molar-refractivity contribution < 1.29 is 23.6 Å². The Balaban J connectivity index is 1.70. The van der Waals surface area contributed by atoms with E-state index in [-0.39, 0.29) is 13.2 Å². The van der Waals surface area contributed by atoms with Gasteiger partial charge < -0.3 is 24.7 Å². The fourth-order valence-corrected chi connectivity index (χ4v) is 2.63. The van der Waals surface area contributed by atoms with Crippen LogP contribution in [0.3, 0.4) is 0 Å². The van der Waals surface area contributed by atoms with Crippen LogP contribution in [0.4, 0.5) is 4.39 Å². The van der Waals surface area contributed by atoms with Gasteiger partial charge in [0, 0.05) is 28.7 Å². The predicted molar refractivity (Wildman–Crippen MR) is 92.7 cm³/mol. The zero-order valence-corrected chi connectivity index (χ0v) is 14.6. The number of aliphatic hydroxyl groups is 1. The number of benzene rings is 1. The van der Waals surface area contributed by atoms with Crippen LogP contribution in [0.2, 0.25) is 5.02 Å². The van der Waals surface area contributed by atoms with E-state index in [1.54, 1.807) is 24.3 Å². The third-order valence-electron chi connectivity index (χ3n) is 3.68. The maximum Gasteiger partial charge on any atom is 0.251 e. The molecule has 0 saturated heterocycles. The van der Waals surface area contributed by atoms with Crippen LogP contribution >= 0.6 is 11.6 Å². The number of aryl methyl sites for hydroxylation is 1. The minimum Gasteiger partial charge on any atom is -0.484 e. The number of aliphatic hydroxyl groups excluding tert-OH is 1. The molecule has 3 aromatic rings. The van der Waals surface area contributed by atoms with Crippen LogP contribution in [0.15, 0.2) is 28.8 Å². The fourth-order valence-electron chi connectivity index (χ4n) is 2.40. The molecule has 0 aliphatic rings. The van der Waals surface area contributed by atoms with Gasteiger partial charge in [-0.25, -0.2) is 4.39 Å². The normalized spacial score (nSPS) is 12.3. The lowest BCUT2D eigenvalue weighted by Crippen LogP contribution is -2.35. The highest BCUT2D eigenvalue weighted by Crippen LogP contribution is 2.31. The highest BCUT2D eigenvalue weighted by atomic mass is 35.5. The molecular formula is C17H17ClFN3O4. The summed E-state index contributed by atoms with van der Waals surface area (Å²) >= 11 is 6.24. The van der Waals surface area contributed by atoms with Crippen molar-refractivity contribution in [1.82, 2.24) is 15.5 Å². The van der Waals surface area contributed by atoms with Gasteiger partial charge in [-0.1, -0.05) is 16.8 Å². The van der Waals surface area contributed by atoms with Gasteiger partial charge in [-0.3, -0.25) is 4.79 Å². The number of aromatic nitrogens is 2. The van der Waals surface area contributed by atoms with Crippen LogP contribution in [0, 0.1) is 6.92 Å². The molecule has 1 atom stereocenters. The van der Waals surface area contributed by atoms with Crippen LogP contribution in [0.5, 0.6) is 5.75 Å². The predicted octanol–water partition coefficient (Wildman–Crippen LogP) is 2.64. The summed E-state index contributed by atoms with van der Waals surface area (Å²) in [6, 6.07) is 7.04. The maximum atomic E-state index is 12.3. The second kappa shape index (κ2) is 7.76. The minimum atomic E-state index is -1.66. The van der Waals surface area contributed by atoms with Crippen LogP contribution in [0.1, 0.15) is 17.1 Å².